The standard InChI is InChI=1S/C16H20O/c1-6-12(3)14(5)17-16-11-9-8-10-15(16)13(4)7-2/h6-11,14H,2,4H2,1,3,5H3/b12-6-. The first-order valence-corrected chi connectivity index (χ1v) is 5.80. The van der Waals surface area contributed by atoms with Crippen LogP contribution in [0.25, 0.3) is 5.57 Å². The Morgan fingerprint density at radius 3 is 2.59 bits per heavy atom. The van der Waals surface area contributed by atoms with Crippen LogP contribution in [0.4, 0.5) is 0 Å². The molecule has 0 aliphatic heterocycles. The second kappa shape index (κ2) is 6.09. The van der Waals surface area contributed by atoms with Crippen molar-refractivity contribution in [3.05, 3.63) is 60.7 Å². The van der Waals surface area contributed by atoms with Gasteiger partial charge in [0.25, 0.3) is 0 Å². The summed E-state index contributed by atoms with van der Waals surface area (Å²) >= 11 is 0. The first-order valence-electron chi connectivity index (χ1n) is 5.80. The first kappa shape index (κ1) is 13.3. The van der Waals surface area contributed by atoms with E-state index in [0.717, 1.165) is 16.9 Å². The molecule has 90 valence electrons. The second-order valence-electron chi connectivity index (χ2n) is 4.02. The van der Waals surface area contributed by atoms with Crippen molar-refractivity contribution in [2.24, 2.45) is 0 Å². The summed E-state index contributed by atoms with van der Waals surface area (Å²) in [5.74, 6) is 0.853. The zero-order chi connectivity index (χ0) is 12.8. The van der Waals surface area contributed by atoms with Crippen LogP contribution in [-0.2, 0) is 0 Å². The van der Waals surface area contributed by atoms with Gasteiger partial charge in [-0.3, -0.25) is 0 Å². The van der Waals surface area contributed by atoms with Crippen molar-refractivity contribution in [1.29, 1.82) is 0 Å². The molecule has 0 fully saturated rings. The number of rotatable bonds is 5. The fraction of sp³-hybridized carbons (Fsp3) is 0.250. The first-order chi connectivity index (χ1) is 8.10. The van der Waals surface area contributed by atoms with Crippen molar-refractivity contribution in [2.45, 2.75) is 26.9 Å². The predicted octanol–water partition coefficient (Wildman–Crippen LogP) is 4.62. The zero-order valence-electron chi connectivity index (χ0n) is 10.9. The molecule has 1 aromatic rings. The Morgan fingerprint density at radius 2 is 2.00 bits per heavy atom. The summed E-state index contributed by atoms with van der Waals surface area (Å²) in [6.07, 6.45) is 3.88. The quantitative estimate of drug-likeness (QED) is 0.528. The predicted molar refractivity (Wildman–Crippen MR) is 75.2 cm³/mol. The number of benzene rings is 1. The topological polar surface area (TPSA) is 9.23 Å². The van der Waals surface area contributed by atoms with Gasteiger partial charge in [-0.1, -0.05) is 43.5 Å². The minimum absolute atomic E-state index is 0.0683. The van der Waals surface area contributed by atoms with Gasteiger partial charge >= 0.3 is 0 Å². The van der Waals surface area contributed by atoms with Gasteiger partial charge in [-0.2, -0.15) is 0 Å². The molecule has 1 heteroatoms. The molecule has 0 aliphatic rings. The van der Waals surface area contributed by atoms with Crippen LogP contribution in [0.3, 0.4) is 0 Å². The molecule has 0 aliphatic carbocycles. The Bertz CT molecular complexity index is 441. The molecule has 0 radical (unpaired) electrons. The average Bonchev–Trinajstić information content (AvgIpc) is 2.37. The van der Waals surface area contributed by atoms with Gasteiger partial charge in [-0.25, -0.2) is 0 Å². The highest BCUT2D eigenvalue weighted by molar-refractivity contribution is 5.75. The van der Waals surface area contributed by atoms with Gasteiger partial charge in [0.2, 0.25) is 0 Å². The monoisotopic (exact) mass is 228 g/mol. The number of allylic oxidation sites excluding steroid dienone is 3. The summed E-state index contributed by atoms with van der Waals surface area (Å²) in [6, 6.07) is 7.90. The van der Waals surface area contributed by atoms with Gasteiger partial charge in [0.1, 0.15) is 11.9 Å². The Labute approximate surface area is 104 Å². The van der Waals surface area contributed by atoms with E-state index < -0.39 is 0 Å². The van der Waals surface area contributed by atoms with Gasteiger partial charge < -0.3 is 4.74 Å². The van der Waals surface area contributed by atoms with Gasteiger partial charge in [0, 0.05) is 5.56 Å². The van der Waals surface area contributed by atoms with E-state index in [1.807, 2.05) is 38.1 Å². The van der Waals surface area contributed by atoms with E-state index in [2.05, 4.69) is 26.2 Å². The van der Waals surface area contributed by atoms with Crippen LogP contribution in [0.15, 0.2) is 55.1 Å². The molecule has 0 saturated heterocycles. The van der Waals surface area contributed by atoms with Crippen molar-refractivity contribution in [3.63, 3.8) is 0 Å². The molecule has 1 aromatic carbocycles. The lowest BCUT2D eigenvalue weighted by Crippen LogP contribution is -2.13. The third-order valence-corrected chi connectivity index (χ3v) is 2.88. The van der Waals surface area contributed by atoms with E-state index in [1.165, 1.54) is 5.57 Å². The maximum absolute atomic E-state index is 5.94. The van der Waals surface area contributed by atoms with Gasteiger partial charge in [0.05, 0.1) is 0 Å². The van der Waals surface area contributed by atoms with Gasteiger partial charge in [-0.15, -0.1) is 0 Å². The molecule has 0 amide bonds. The normalized spacial score (nSPS) is 13.0. The SMILES string of the molecule is C=CC(=C)c1ccccc1OC(C)/C(C)=C\C. The minimum atomic E-state index is 0.0683. The van der Waals surface area contributed by atoms with Crippen LogP contribution >= 0.6 is 0 Å². The second-order valence-corrected chi connectivity index (χ2v) is 4.02. The maximum Gasteiger partial charge on any atom is 0.128 e. The Morgan fingerprint density at radius 1 is 1.35 bits per heavy atom. The third kappa shape index (κ3) is 3.35. The van der Waals surface area contributed by atoms with Crippen LogP contribution in [-0.4, -0.2) is 6.10 Å². The highest BCUT2D eigenvalue weighted by Gasteiger charge is 2.09. The van der Waals surface area contributed by atoms with E-state index >= 15 is 0 Å². The molecule has 1 unspecified atom stereocenters. The summed E-state index contributed by atoms with van der Waals surface area (Å²) in [6.45, 7) is 13.8. The van der Waals surface area contributed by atoms with Crippen molar-refractivity contribution in [1.82, 2.24) is 0 Å². The number of hydrogen-bond donors (Lipinski definition) is 0. The Kier molecular flexibility index (Phi) is 4.77. The summed E-state index contributed by atoms with van der Waals surface area (Å²) in [5.41, 5.74) is 3.09. The summed E-state index contributed by atoms with van der Waals surface area (Å²) in [7, 11) is 0. The molecule has 0 N–H and O–H groups in total. The maximum atomic E-state index is 5.94. The lowest BCUT2D eigenvalue weighted by molar-refractivity contribution is 0.256. The third-order valence-electron chi connectivity index (χ3n) is 2.88. The zero-order valence-corrected chi connectivity index (χ0v) is 10.9. The van der Waals surface area contributed by atoms with Crippen LogP contribution in [0.2, 0.25) is 0 Å². The van der Waals surface area contributed by atoms with E-state index in [-0.39, 0.29) is 6.10 Å². The molecule has 0 saturated carbocycles. The van der Waals surface area contributed by atoms with Crippen molar-refractivity contribution in [2.75, 3.05) is 0 Å². The van der Waals surface area contributed by atoms with Gasteiger partial charge in [-0.05, 0) is 38.0 Å². The summed E-state index contributed by atoms with van der Waals surface area (Å²) in [5, 5.41) is 0. The molecule has 0 heterocycles. The highest BCUT2D eigenvalue weighted by Crippen LogP contribution is 2.27. The number of ether oxygens (including phenoxy) is 1. The van der Waals surface area contributed by atoms with Crippen LogP contribution in [0, 0.1) is 0 Å². The lowest BCUT2D eigenvalue weighted by atomic mass is 10.1. The van der Waals surface area contributed by atoms with E-state index in [0.29, 0.717) is 0 Å². The molecule has 1 atom stereocenters. The van der Waals surface area contributed by atoms with Crippen molar-refractivity contribution in [3.8, 4) is 5.75 Å². The van der Waals surface area contributed by atoms with Crippen molar-refractivity contribution < 1.29 is 4.74 Å². The molecule has 1 rings (SSSR count). The van der Waals surface area contributed by atoms with Crippen LogP contribution in [0.1, 0.15) is 26.3 Å². The van der Waals surface area contributed by atoms with E-state index in [1.54, 1.807) is 6.08 Å². The Balaban J connectivity index is 2.98. The summed E-state index contributed by atoms with van der Waals surface area (Å²) < 4.78 is 5.94. The molecule has 0 spiro atoms. The molecular formula is C16H20O. The van der Waals surface area contributed by atoms with Gasteiger partial charge in [0.15, 0.2) is 0 Å². The minimum Gasteiger partial charge on any atom is -0.486 e. The van der Waals surface area contributed by atoms with E-state index in [9.17, 15) is 0 Å². The largest absolute Gasteiger partial charge is 0.486 e. The Hall–Kier alpha value is -1.76. The molecule has 17 heavy (non-hydrogen) atoms. The number of para-hydroxylation sites is 1. The lowest BCUT2D eigenvalue weighted by Gasteiger charge is -2.18. The smallest absolute Gasteiger partial charge is 0.128 e. The van der Waals surface area contributed by atoms with Crippen LogP contribution in [0.5, 0.6) is 5.75 Å². The highest BCUT2D eigenvalue weighted by atomic mass is 16.5. The van der Waals surface area contributed by atoms with Crippen LogP contribution < -0.4 is 4.74 Å². The number of hydrogen-bond acceptors (Lipinski definition) is 1. The van der Waals surface area contributed by atoms with Crippen molar-refractivity contribution >= 4 is 5.57 Å². The fourth-order valence-electron chi connectivity index (χ4n) is 1.46. The fourth-order valence-corrected chi connectivity index (χ4v) is 1.46. The van der Waals surface area contributed by atoms with E-state index in [4.69, 9.17) is 4.74 Å². The molecule has 0 aromatic heterocycles. The molecule has 1 nitrogen and oxygen atoms in total. The molecular weight excluding hydrogens is 208 g/mol. The summed E-state index contributed by atoms with van der Waals surface area (Å²) in [4.78, 5) is 0. The average molecular weight is 228 g/mol. The molecule has 0 bridgehead atoms.